The molecule has 2 heterocycles. The van der Waals surface area contributed by atoms with Crippen molar-refractivity contribution in [2.45, 2.75) is 81.7 Å². The molecule has 3 atom stereocenters. The minimum Gasteiger partial charge on any atom is -0.465 e. The molecule has 186 valence electrons. The van der Waals surface area contributed by atoms with Crippen LogP contribution in [0.5, 0.6) is 0 Å². The van der Waals surface area contributed by atoms with Crippen LogP contribution in [0.2, 0.25) is 0 Å². The summed E-state index contributed by atoms with van der Waals surface area (Å²) in [6.45, 7) is 3.32. The summed E-state index contributed by atoms with van der Waals surface area (Å²) < 4.78 is 39.8. The molecule has 4 rings (SSSR count). The quantitative estimate of drug-likeness (QED) is 0.712. The summed E-state index contributed by atoms with van der Waals surface area (Å²) in [6, 6.07) is 8.19. The summed E-state index contributed by atoms with van der Waals surface area (Å²) in [6.07, 6.45) is -4.00. The molecule has 1 aromatic carbocycles. The monoisotopic (exact) mass is 481 g/mol. The van der Waals surface area contributed by atoms with Crippen molar-refractivity contribution in [3.63, 3.8) is 0 Å². The van der Waals surface area contributed by atoms with Gasteiger partial charge in [0.2, 0.25) is 5.91 Å². The maximum atomic E-state index is 14.2. The van der Waals surface area contributed by atoms with Crippen molar-refractivity contribution in [3.8, 4) is 0 Å². The summed E-state index contributed by atoms with van der Waals surface area (Å²) in [5.74, 6) is -2.24. The number of carbonyl (C=O) groups excluding carboxylic acids is 2. The van der Waals surface area contributed by atoms with Gasteiger partial charge >= 0.3 is 18.2 Å². The standard InChI is InChI=1S/C24H30F3N3O4/c1-3-18-14-29(20(32)24(25,26)27)22(11-12-22)15-28(18)19(31)23(13-17-7-5-4-6-8-17)10-9-16(2)30(23)21(33)34/h4-8,16,18H,3,9-15H2,1-2H3,(H,33,34)/t16-,18+,23+/m1/s1. The lowest BCUT2D eigenvalue weighted by Gasteiger charge is -2.50. The van der Waals surface area contributed by atoms with Crippen LogP contribution in [0.3, 0.4) is 0 Å². The lowest BCUT2D eigenvalue weighted by molar-refractivity contribution is -0.194. The molecule has 0 radical (unpaired) electrons. The molecule has 3 fully saturated rings. The fourth-order valence-corrected chi connectivity index (χ4v) is 5.80. The van der Waals surface area contributed by atoms with Crippen LogP contribution in [0.4, 0.5) is 18.0 Å². The number of hydrogen-bond acceptors (Lipinski definition) is 3. The van der Waals surface area contributed by atoms with E-state index < -0.39 is 35.3 Å². The predicted molar refractivity (Wildman–Crippen MR) is 117 cm³/mol. The summed E-state index contributed by atoms with van der Waals surface area (Å²) in [4.78, 5) is 42.5. The van der Waals surface area contributed by atoms with E-state index in [2.05, 4.69) is 0 Å². The molecule has 1 N–H and O–H groups in total. The lowest BCUT2D eigenvalue weighted by Crippen LogP contribution is -2.69. The molecule has 3 aliphatic rings. The number of benzene rings is 1. The van der Waals surface area contributed by atoms with Gasteiger partial charge in [0.15, 0.2) is 0 Å². The highest BCUT2D eigenvalue weighted by Gasteiger charge is 2.62. The molecule has 7 nitrogen and oxygen atoms in total. The zero-order valence-corrected chi connectivity index (χ0v) is 19.3. The highest BCUT2D eigenvalue weighted by molar-refractivity contribution is 5.92. The normalized spacial score (nSPS) is 28.3. The van der Waals surface area contributed by atoms with E-state index in [1.54, 1.807) is 18.7 Å². The van der Waals surface area contributed by atoms with E-state index >= 15 is 0 Å². The average Bonchev–Trinajstić information content (AvgIpc) is 3.47. The number of hydrogen-bond donors (Lipinski definition) is 1. The Balaban J connectivity index is 1.70. The van der Waals surface area contributed by atoms with Crippen LogP contribution in [-0.4, -0.2) is 80.1 Å². The van der Waals surface area contributed by atoms with Gasteiger partial charge in [-0.05, 0) is 44.6 Å². The molecule has 1 aromatic rings. The van der Waals surface area contributed by atoms with Crippen molar-refractivity contribution in [2.75, 3.05) is 13.1 Å². The van der Waals surface area contributed by atoms with Crippen molar-refractivity contribution in [1.82, 2.24) is 14.7 Å². The number of halogens is 3. The minimum atomic E-state index is -4.98. The third-order valence-corrected chi connectivity index (χ3v) is 7.74. The van der Waals surface area contributed by atoms with Crippen molar-refractivity contribution in [1.29, 1.82) is 0 Å². The second kappa shape index (κ2) is 8.46. The Morgan fingerprint density at radius 2 is 1.76 bits per heavy atom. The lowest BCUT2D eigenvalue weighted by atomic mass is 9.85. The summed E-state index contributed by atoms with van der Waals surface area (Å²) >= 11 is 0. The topological polar surface area (TPSA) is 81.2 Å². The number of likely N-dealkylation sites (tertiary alicyclic amines) is 1. The Morgan fingerprint density at radius 1 is 1.12 bits per heavy atom. The first kappa shape index (κ1) is 24.3. The van der Waals surface area contributed by atoms with Crippen LogP contribution in [-0.2, 0) is 16.0 Å². The smallest absolute Gasteiger partial charge is 0.465 e. The molecule has 1 spiro atoms. The zero-order valence-electron chi connectivity index (χ0n) is 19.3. The molecule has 10 heteroatoms. The number of carboxylic acid groups (broad SMARTS) is 1. The minimum absolute atomic E-state index is 0.00939. The zero-order chi connectivity index (χ0) is 24.9. The van der Waals surface area contributed by atoms with E-state index in [1.807, 2.05) is 30.3 Å². The fraction of sp³-hybridized carbons (Fsp3) is 0.625. The molecule has 2 aliphatic heterocycles. The van der Waals surface area contributed by atoms with Gasteiger partial charge in [0.05, 0.1) is 5.54 Å². The van der Waals surface area contributed by atoms with Gasteiger partial charge in [0.1, 0.15) is 5.54 Å². The van der Waals surface area contributed by atoms with Crippen molar-refractivity contribution in [2.24, 2.45) is 0 Å². The first-order valence-electron chi connectivity index (χ1n) is 11.7. The van der Waals surface area contributed by atoms with E-state index in [-0.39, 0.29) is 31.5 Å². The third kappa shape index (κ3) is 4.01. The van der Waals surface area contributed by atoms with E-state index in [1.165, 1.54) is 4.90 Å². The molecule has 0 bridgehead atoms. The van der Waals surface area contributed by atoms with Gasteiger partial charge in [0.25, 0.3) is 0 Å². The number of nitrogens with zero attached hydrogens (tertiary/aromatic N) is 3. The second-order valence-electron chi connectivity index (χ2n) is 9.87. The molecular formula is C24H30F3N3O4. The van der Waals surface area contributed by atoms with Gasteiger partial charge in [-0.25, -0.2) is 4.79 Å². The van der Waals surface area contributed by atoms with Crippen LogP contribution in [0.15, 0.2) is 30.3 Å². The van der Waals surface area contributed by atoms with Gasteiger partial charge in [-0.1, -0.05) is 37.3 Å². The highest BCUT2D eigenvalue weighted by atomic mass is 19.4. The highest BCUT2D eigenvalue weighted by Crippen LogP contribution is 2.48. The number of alkyl halides is 3. The molecule has 3 amide bonds. The third-order valence-electron chi connectivity index (χ3n) is 7.74. The van der Waals surface area contributed by atoms with Gasteiger partial charge in [0, 0.05) is 31.6 Å². The summed E-state index contributed by atoms with van der Waals surface area (Å²) in [5, 5.41) is 10.1. The largest absolute Gasteiger partial charge is 0.471 e. The Bertz CT molecular complexity index is 966. The van der Waals surface area contributed by atoms with Crippen molar-refractivity contribution >= 4 is 17.9 Å². The molecule has 34 heavy (non-hydrogen) atoms. The van der Waals surface area contributed by atoms with Gasteiger partial charge in [-0.3, -0.25) is 14.5 Å². The van der Waals surface area contributed by atoms with Crippen LogP contribution < -0.4 is 0 Å². The Kier molecular flexibility index (Phi) is 6.06. The van der Waals surface area contributed by atoms with E-state index in [4.69, 9.17) is 0 Å². The van der Waals surface area contributed by atoms with Gasteiger partial charge in [-0.15, -0.1) is 0 Å². The number of carbonyl (C=O) groups is 3. The molecule has 0 aromatic heterocycles. The number of rotatable bonds is 4. The van der Waals surface area contributed by atoms with E-state index in [0.717, 1.165) is 10.5 Å². The molecule has 1 aliphatic carbocycles. The average molecular weight is 482 g/mol. The van der Waals surface area contributed by atoms with Gasteiger partial charge in [-0.2, -0.15) is 13.2 Å². The molecule has 0 unspecified atom stereocenters. The second-order valence-corrected chi connectivity index (χ2v) is 9.87. The Hall–Kier alpha value is -2.78. The Labute approximate surface area is 196 Å². The van der Waals surface area contributed by atoms with Crippen molar-refractivity contribution < 1.29 is 32.7 Å². The molecule has 1 saturated carbocycles. The number of piperazine rings is 1. The van der Waals surface area contributed by atoms with Crippen molar-refractivity contribution in [3.05, 3.63) is 35.9 Å². The first-order chi connectivity index (χ1) is 15.9. The van der Waals surface area contributed by atoms with Crippen LogP contribution in [0, 0.1) is 0 Å². The molecular weight excluding hydrogens is 451 g/mol. The van der Waals surface area contributed by atoms with Gasteiger partial charge < -0.3 is 14.9 Å². The fourth-order valence-electron chi connectivity index (χ4n) is 5.80. The van der Waals surface area contributed by atoms with Crippen LogP contribution in [0.1, 0.15) is 51.5 Å². The van der Waals surface area contributed by atoms with Crippen LogP contribution in [0.25, 0.3) is 0 Å². The predicted octanol–water partition coefficient (Wildman–Crippen LogP) is 3.67. The Morgan fingerprint density at radius 3 is 2.29 bits per heavy atom. The SMILES string of the molecule is CC[C@H]1CN(C(=O)C(F)(F)F)C2(CC2)CN1C(=O)[C@@]1(Cc2ccccc2)CC[C@@H](C)N1C(=O)O. The summed E-state index contributed by atoms with van der Waals surface area (Å²) in [5.41, 5.74) is -1.55. The first-order valence-corrected chi connectivity index (χ1v) is 11.7. The van der Waals surface area contributed by atoms with Crippen LogP contribution >= 0.6 is 0 Å². The number of amides is 3. The maximum Gasteiger partial charge on any atom is 0.471 e. The van der Waals surface area contributed by atoms with E-state index in [0.29, 0.717) is 32.1 Å². The summed E-state index contributed by atoms with van der Waals surface area (Å²) in [7, 11) is 0. The molecule has 2 saturated heterocycles. The maximum absolute atomic E-state index is 14.2. The van der Waals surface area contributed by atoms with E-state index in [9.17, 15) is 32.7 Å².